The van der Waals surface area contributed by atoms with Crippen LogP contribution < -0.4 is 10.6 Å². The largest absolute Gasteiger partial charge is 0.347 e. The van der Waals surface area contributed by atoms with E-state index in [2.05, 4.69) is 60.1 Å². The minimum absolute atomic E-state index is 0.112. The summed E-state index contributed by atoms with van der Waals surface area (Å²) in [6.07, 6.45) is 1.63. The van der Waals surface area contributed by atoms with Crippen LogP contribution in [-0.2, 0) is 5.41 Å². The van der Waals surface area contributed by atoms with Crippen LogP contribution in [0.15, 0.2) is 43.0 Å². The second-order valence-electron chi connectivity index (χ2n) is 6.64. The Morgan fingerprint density at radius 2 is 1.88 bits per heavy atom. The van der Waals surface area contributed by atoms with Gasteiger partial charge in [-0.05, 0) is 30.0 Å². The lowest BCUT2D eigenvalue weighted by Gasteiger charge is -2.19. The Balaban J connectivity index is 2.19. The van der Waals surface area contributed by atoms with Gasteiger partial charge in [0.05, 0.1) is 0 Å². The number of hydrogen-bond acceptors (Lipinski definition) is 4. The molecule has 2 rings (SSSR count). The minimum Gasteiger partial charge on any atom is -0.347 e. The quantitative estimate of drug-likeness (QED) is 0.822. The van der Waals surface area contributed by atoms with Gasteiger partial charge in [0.15, 0.2) is 0 Å². The molecule has 5 heteroatoms. The smallest absolute Gasteiger partial charge is 0.270 e. The number of anilines is 2. The summed E-state index contributed by atoms with van der Waals surface area (Å²) in [4.78, 5) is 20.6. The molecule has 0 unspecified atom stereocenters. The van der Waals surface area contributed by atoms with Gasteiger partial charge in [0.2, 0.25) is 0 Å². The van der Waals surface area contributed by atoms with Crippen LogP contribution in [0.2, 0.25) is 0 Å². The molecule has 126 valence electrons. The van der Waals surface area contributed by atoms with Crippen LogP contribution in [0.4, 0.5) is 11.5 Å². The van der Waals surface area contributed by atoms with Crippen LogP contribution in [0.25, 0.3) is 0 Å². The van der Waals surface area contributed by atoms with Gasteiger partial charge in [-0.2, -0.15) is 0 Å². The van der Waals surface area contributed by atoms with Gasteiger partial charge in [0.1, 0.15) is 17.3 Å². The number of aryl methyl sites for hydroxylation is 1. The molecule has 1 amide bonds. The standard InChI is InChI=1S/C19H24N4O/c1-6-11-20-18(24)16-12-17(22-13(2)21-16)23-15-9-7-14(8-10-15)19(3,4)5/h6-10,12H,1,11H2,2-5H3,(H,20,24)(H,21,22,23). The van der Waals surface area contributed by atoms with Gasteiger partial charge in [-0.25, -0.2) is 9.97 Å². The molecule has 1 aromatic heterocycles. The summed E-state index contributed by atoms with van der Waals surface area (Å²) in [6, 6.07) is 9.84. The molecular weight excluding hydrogens is 300 g/mol. The third-order valence-electron chi connectivity index (χ3n) is 3.50. The molecule has 2 N–H and O–H groups in total. The van der Waals surface area contributed by atoms with Crippen molar-refractivity contribution >= 4 is 17.4 Å². The van der Waals surface area contributed by atoms with E-state index in [0.29, 0.717) is 23.9 Å². The Bertz CT molecular complexity index is 730. The zero-order valence-corrected chi connectivity index (χ0v) is 14.7. The fraction of sp³-hybridized carbons (Fsp3) is 0.316. The van der Waals surface area contributed by atoms with E-state index in [0.717, 1.165) is 5.69 Å². The molecule has 5 nitrogen and oxygen atoms in total. The Labute approximate surface area is 143 Å². The van der Waals surface area contributed by atoms with Crippen molar-refractivity contribution in [2.75, 3.05) is 11.9 Å². The normalized spacial score (nSPS) is 11.0. The number of rotatable bonds is 5. The Kier molecular flexibility index (Phi) is 5.34. The van der Waals surface area contributed by atoms with Gasteiger partial charge in [-0.1, -0.05) is 39.0 Å². The zero-order valence-electron chi connectivity index (χ0n) is 14.7. The van der Waals surface area contributed by atoms with E-state index >= 15 is 0 Å². The fourth-order valence-electron chi connectivity index (χ4n) is 2.20. The van der Waals surface area contributed by atoms with Crippen molar-refractivity contribution in [1.82, 2.24) is 15.3 Å². The second kappa shape index (κ2) is 7.25. The molecule has 0 spiro atoms. The van der Waals surface area contributed by atoms with Crippen molar-refractivity contribution in [3.05, 3.63) is 60.1 Å². The molecule has 2 aromatic rings. The molecule has 1 heterocycles. The summed E-state index contributed by atoms with van der Waals surface area (Å²) in [6.45, 7) is 12.3. The van der Waals surface area contributed by atoms with Crippen LogP contribution in [0.3, 0.4) is 0 Å². The van der Waals surface area contributed by atoms with E-state index in [1.54, 1.807) is 19.1 Å². The summed E-state index contributed by atoms with van der Waals surface area (Å²) >= 11 is 0. The van der Waals surface area contributed by atoms with Crippen molar-refractivity contribution in [2.24, 2.45) is 0 Å². The van der Waals surface area contributed by atoms with Gasteiger partial charge in [-0.3, -0.25) is 4.79 Å². The lowest BCUT2D eigenvalue weighted by molar-refractivity contribution is 0.0952. The predicted molar refractivity (Wildman–Crippen MR) is 97.7 cm³/mol. The SMILES string of the molecule is C=CCNC(=O)c1cc(Nc2ccc(C(C)(C)C)cc2)nc(C)n1. The monoisotopic (exact) mass is 324 g/mol. The molecule has 0 fully saturated rings. The number of nitrogens with one attached hydrogen (secondary N) is 2. The van der Waals surface area contributed by atoms with Crippen molar-refractivity contribution < 1.29 is 4.79 Å². The Morgan fingerprint density at radius 3 is 2.46 bits per heavy atom. The number of benzene rings is 1. The summed E-state index contributed by atoms with van der Waals surface area (Å²) in [5.74, 6) is 0.886. The molecule has 0 aliphatic heterocycles. The predicted octanol–water partition coefficient (Wildman–Crippen LogP) is 3.74. The van der Waals surface area contributed by atoms with E-state index in [-0.39, 0.29) is 11.3 Å². The third-order valence-corrected chi connectivity index (χ3v) is 3.50. The number of aromatic nitrogens is 2. The van der Waals surface area contributed by atoms with Crippen LogP contribution in [-0.4, -0.2) is 22.4 Å². The highest BCUT2D eigenvalue weighted by atomic mass is 16.1. The average Bonchev–Trinajstić information content (AvgIpc) is 2.51. The van der Waals surface area contributed by atoms with E-state index in [1.165, 1.54) is 5.56 Å². The number of hydrogen-bond donors (Lipinski definition) is 2. The first-order valence-electron chi connectivity index (χ1n) is 7.92. The summed E-state index contributed by atoms with van der Waals surface area (Å²) < 4.78 is 0. The van der Waals surface area contributed by atoms with Gasteiger partial charge in [0, 0.05) is 18.3 Å². The summed E-state index contributed by atoms with van der Waals surface area (Å²) in [7, 11) is 0. The number of nitrogens with zero attached hydrogens (tertiary/aromatic N) is 2. The highest BCUT2D eigenvalue weighted by Gasteiger charge is 2.13. The van der Waals surface area contributed by atoms with Crippen LogP contribution in [0.1, 0.15) is 42.6 Å². The van der Waals surface area contributed by atoms with Crippen LogP contribution in [0, 0.1) is 6.92 Å². The van der Waals surface area contributed by atoms with Crippen molar-refractivity contribution in [1.29, 1.82) is 0 Å². The maximum absolute atomic E-state index is 12.0. The summed E-state index contributed by atoms with van der Waals surface area (Å²) in [5.41, 5.74) is 2.62. The maximum atomic E-state index is 12.0. The topological polar surface area (TPSA) is 66.9 Å². The number of amides is 1. The molecule has 1 aromatic carbocycles. The molecular formula is C19H24N4O. The Morgan fingerprint density at radius 1 is 1.21 bits per heavy atom. The lowest BCUT2D eigenvalue weighted by atomic mass is 9.87. The van der Waals surface area contributed by atoms with Gasteiger partial charge < -0.3 is 10.6 Å². The van der Waals surface area contributed by atoms with Crippen molar-refractivity contribution in [3.63, 3.8) is 0 Å². The zero-order chi connectivity index (χ0) is 17.7. The Hall–Kier alpha value is -2.69. The van der Waals surface area contributed by atoms with Crippen molar-refractivity contribution in [3.8, 4) is 0 Å². The molecule has 0 saturated heterocycles. The minimum atomic E-state index is -0.244. The molecule has 0 saturated carbocycles. The highest BCUT2D eigenvalue weighted by Crippen LogP contribution is 2.24. The van der Waals surface area contributed by atoms with Gasteiger partial charge in [-0.15, -0.1) is 6.58 Å². The fourth-order valence-corrected chi connectivity index (χ4v) is 2.20. The van der Waals surface area contributed by atoms with Crippen LogP contribution >= 0.6 is 0 Å². The van der Waals surface area contributed by atoms with E-state index in [1.807, 2.05) is 12.1 Å². The van der Waals surface area contributed by atoms with E-state index in [4.69, 9.17) is 0 Å². The van der Waals surface area contributed by atoms with Gasteiger partial charge in [0.25, 0.3) is 5.91 Å². The van der Waals surface area contributed by atoms with Gasteiger partial charge >= 0.3 is 0 Å². The summed E-state index contributed by atoms with van der Waals surface area (Å²) in [5, 5.41) is 5.94. The molecule has 0 radical (unpaired) electrons. The lowest BCUT2D eigenvalue weighted by Crippen LogP contribution is -2.24. The molecule has 0 aliphatic carbocycles. The van der Waals surface area contributed by atoms with Crippen LogP contribution in [0.5, 0.6) is 0 Å². The second-order valence-corrected chi connectivity index (χ2v) is 6.64. The molecule has 0 bridgehead atoms. The van der Waals surface area contributed by atoms with E-state index in [9.17, 15) is 4.79 Å². The third kappa shape index (κ3) is 4.65. The first-order chi connectivity index (χ1) is 11.3. The molecule has 0 aliphatic rings. The first kappa shape index (κ1) is 17.7. The van der Waals surface area contributed by atoms with E-state index < -0.39 is 0 Å². The first-order valence-corrected chi connectivity index (χ1v) is 7.92. The molecule has 24 heavy (non-hydrogen) atoms. The highest BCUT2D eigenvalue weighted by molar-refractivity contribution is 5.93. The number of carbonyl (C=O) groups excluding carboxylic acids is 1. The molecule has 0 atom stereocenters. The van der Waals surface area contributed by atoms with Crippen molar-refractivity contribution in [2.45, 2.75) is 33.1 Å². The maximum Gasteiger partial charge on any atom is 0.270 e. The number of carbonyl (C=O) groups is 1. The average molecular weight is 324 g/mol.